The van der Waals surface area contributed by atoms with Crippen molar-refractivity contribution in [3.8, 4) is 0 Å². The number of rotatable bonds is 2. The van der Waals surface area contributed by atoms with Gasteiger partial charge in [-0.2, -0.15) is 0 Å². The van der Waals surface area contributed by atoms with Crippen LogP contribution in [-0.4, -0.2) is 28.9 Å². The maximum Gasteiger partial charge on any atom is 0.249 e. The highest BCUT2D eigenvalue weighted by Crippen LogP contribution is 2.13. The summed E-state index contributed by atoms with van der Waals surface area (Å²) in [6.45, 7) is 3.67. The lowest BCUT2D eigenvalue weighted by atomic mass is 10.1. The maximum absolute atomic E-state index is 12.0. The van der Waals surface area contributed by atoms with Gasteiger partial charge in [0, 0.05) is 31.1 Å². The van der Waals surface area contributed by atoms with E-state index in [1.807, 2.05) is 30.0 Å². The number of aromatic nitrogens is 1. The number of nitrogens with zero attached hydrogens (tertiary/aromatic N) is 2. The molecule has 3 heteroatoms. The molecule has 1 aliphatic rings. The van der Waals surface area contributed by atoms with Gasteiger partial charge in [-0.25, -0.2) is 0 Å². The van der Waals surface area contributed by atoms with Crippen LogP contribution in [0.15, 0.2) is 30.1 Å². The normalized spacial score (nSPS) is 16.6. The molecule has 1 amide bonds. The van der Waals surface area contributed by atoms with Gasteiger partial charge in [-0.1, -0.05) is 6.07 Å². The first-order valence-corrected chi connectivity index (χ1v) is 5.65. The summed E-state index contributed by atoms with van der Waals surface area (Å²) < 4.78 is 0. The predicted molar refractivity (Wildman–Crippen MR) is 63.7 cm³/mol. The number of carbonyl (C=O) groups is 1. The average molecular weight is 216 g/mol. The molecule has 1 aromatic rings. The van der Waals surface area contributed by atoms with Gasteiger partial charge in [0.15, 0.2) is 0 Å². The van der Waals surface area contributed by atoms with Crippen molar-refractivity contribution < 1.29 is 4.79 Å². The maximum atomic E-state index is 12.0. The van der Waals surface area contributed by atoms with E-state index >= 15 is 0 Å². The SMILES string of the molecule is C/C(=C\c1cccnc1)C(=O)N1CCCC1. The van der Waals surface area contributed by atoms with Crippen molar-refractivity contribution in [1.29, 1.82) is 0 Å². The molecule has 1 fully saturated rings. The average Bonchev–Trinajstić information content (AvgIpc) is 2.83. The van der Waals surface area contributed by atoms with Gasteiger partial charge in [-0.05, 0) is 37.5 Å². The van der Waals surface area contributed by atoms with Crippen molar-refractivity contribution in [2.24, 2.45) is 0 Å². The van der Waals surface area contributed by atoms with Crippen LogP contribution in [0.5, 0.6) is 0 Å². The molecule has 1 aliphatic heterocycles. The van der Waals surface area contributed by atoms with E-state index < -0.39 is 0 Å². The Morgan fingerprint density at radius 1 is 1.44 bits per heavy atom. The second-order valence-corrected chi connectivity index (χ2v) is 4.11. The Bertz CT molecular complexity index is 392. The van der Waals surface area contributed by atoms with E-state index in [2.05, 4.69) is 4.98 Å². The summed E-state index contributed by atoms with van der Waals surface area (Å²) in [7, 11) is 0. The van der Waals surface area contributed by atoms with E-state index in [1.54, 1.807) is 12.4 Å². The zero-order valence-corrected chi connectivity index (χ0v) is 9.52. The van der Waals surface area contributed by atoms with Crippen LogP contribution < -0.4 is 0 Å². The Morgan fingerprint density at radius 2 is 2.19 bits per heavy atom. The Morgan fingerprint density at radius 3 is 2.81 bits per heavy atom. The lowest BCUT2D eigenvalue weighted by molar-refractivity contribution is -0.125. The van der Waals surface area contributed by atoms with Gasteiger partial charge in [0.05, 0.1) is 0 Å². The van der Waals surface area contributed by atoms with Crippen LogP contribution in [0.25, 0.3) is 6.08 Å². The first-order valence-electron chi connectivity index (χ1n) is 5.65. The fourth-order valence-electron chi connectivity index (χ4n) is 1.94. The van der Waals surface area contributed by atoms with Crippen molar-refractivity contribution >= 4 is 12.0 Å². The summed E-state index contributed by atoms with van der Waals surface area (Å²) in [6.07, 6.45) is 7.65. The van der Waals surface area contributed by atoms with E-state index in [1.165, 1.54) is 0 Å². The second kappa shape index (κ2) is 4.92. The molecule has 0 radical (unpaired) electrons. The number of hydrogen-bond donors (Lipinski definition) is 0. The molecule has 0 spiro atoms. The minimum Gasteiger partial charge on any atom is -0.339 e. The van der Waals surface area contributed by atoms with Crippen LogP contribution in [0.1, 0.15) is 25.3 Å². The topological polar surface area (TPSA) is 33.2 Å². The molecule has 0 saturated carbocycles. The van der Waals surface area contributed by atoms with E-state index in [0.717, 1.165) is 37.1 Å². The standard InChI is InChI=1S/C13H16N2O/c1-11(9-12-5-4-6-14-10-12)13(16)15-7-2-3-8-15/h4-6,9-10H,2-3,7-8H2,1H3/b11-9+. The zero-order valence-electron chi connectivity index (χ0n) is 9.52. The number of hydrogen-bond acceptors (Lipinski definition) is 2. The number of likely N-dealkylation sites (tertiary alicyclic amines) is 1. The molecule has 1 aromatic heterocycles. The molecule has 1 saturated heterocycles. The third-order valence-corrected chi connectivity index (χ3v) is 2.80. The lowest BCUT2D eigenvalue weighted by Gasteiger charge is -2.15. The van der Waals surface area contributed by atoms with E-state index in [-0.39, 0.29) is 5.91 Å². The van der Waals surface area contributed by atoms with Crippen molar-refractivity contribution in [3.05, 3.63) is 35.7 Å². The molecule has 0 aromatic carbocycles. The lowest BCUT2D eigenvalue weighted by Crippen LogP contribution is -2.28. The molecule has 2 heterocycles. The molecular formula is C13H16N2O. The molecule has 0 unspecified atom stereocenters. The molecule has 16 heavy (non-hydrogen) atoms. The van der Waals surface area contributed by atoms with E-state index in [4.69, 9.17) is 0 Å². The van der Waals surface area contributed by atoms with E-state index in [0.29, 0.717) is 0 Å². The zero-order chi connectivity index (χ0) is 11.4. The molecule has 0 bridgehead atoms. The van der Waals surface area contributed by atoms with Gasteiger partial charge in [-0.3, -0.25) is 9.78 Å². The summed E-state index contributed by atoms with van der Waals surface area (Å²) >= 11 is 0. The quantitative estimate of drug-likeness (QED) is 0.709. The second-order valence-electron chi connectivity index (χ2n) is 4.11. The smallest absolute Gasteiger partial charge is 0.249 e. The summed E-state index contributed by atoms with van der Waals surface area (Å²) in [5.74, 6) is 0.154. The fraction of sp³-hybridized carbons (Fsp3) is 0.385. The van der Waals surface area contributed by atoms with Crippen LogP contribution in [-0.2, 0) is 4.79 Å². The molecule has 84 valence electrons. The molecule has 2 rings (SSSR count). The van der Waals surface area contributed by atoms with Gasteiger partial charge in [-0.15, -0.1) is 0 Å². The molecule has 0 atom stereocenters. The van der Waals surface area contributed by atoms with Gasteiger partial charge in [0.25, 0.3) is 0 Å². The molecular weight excluding hydrogens is 200 g/mol. The number of carbonyl (C=O) groups excluding carboxylic acids is 1. The highest BCUT2D eigenvalue weighted by molar-refractivity contribution is 5.97. The summed E-state index contributed by atoms with van der Waals surface area (Å²) in [5.41, 5.74) is 1.77. The minimum atomic E-state index is 0.154. The van der Waals surface area contributed by atoms with E-state index in [9.17, 15) is 4.79 Å². The number of amides is 1. The highest BCUT2D eigenvalue weighted by Gasteiger charge is 2.18. The van der Waals surface area contributed by atoms with Crippen molar-refractivity contribution in [3.63, 3.8) is 0 Å². The Kier molecular flexibility index (Phi) is 3.34. The summed E-state index contributed by atoms with van der Waals surface area (Å²) in [4.78, 5) is 17.9. The van der Waals surface area contributed by atoms with Gasteiger partial charge >= 0.3 is 0 Å². The number of pyridine rings is 1. The van der Waals surface area contributed by atoms with Gasteiger partial charge in [0.2, 0.25) is 5.91 Å². The first kappa shape index (κ1) is 10.9. The predicted octanol–water partition coefficient (Wildman–Crippen LogP) is 2.11. The van der Waals surface area contributed by atoms with Crippen LogP contribution in [0.4, 0.5) is 0 Å². The third kappa shape index (κ3) is 2.48. The third-order valence-electron chi connectivity index (χ3n) is 2.80. The van der Waals surface area contributed by atoms with Crippen molar-refractivity contribution in [2.75, 3.05) is 13.1 Å². The van der Waals surface area contributed by atoms with Crippen molar-refractivity contribution in [1.82, 2.24) is 9.88 Å². The summed E-state index contributed by atoms with van der Waals surface area (Å²) in [6, 6.07) is 3.83. The van der Waals surface area contributed by atoms with Gasteiger partial charge in [0.1, 0.15) is 0 Å². The fourth-order valence-corrected chi connectivity index (χ4v) is 1.94. The van der Waals surface area contributed by atoms with Gasteiger partial charge < -0.3 is 4.90 Å². The molecule has 0 aliphatic carbocycles. The van der Waals surface area contributed by atoms with Crippen LogP contribution >= 0.6 is 0 Å². The molecule has 0 N–H and O–H groups in total. The highest BCUT2D eigenvalue weighted by atomic mass is 16.2. The van der Waals surface area contributed by atoms with Crippen LogP contribution in [0.3, 0.4) is 0 Å². The first-order chi connectivity index (χ1) is 7.77. The monoisotopic (exact) mass is 216 g/mol. The largest absolute Gasteiger partial charge is 0.339 e. The Balaban J connectivity index is 2.09. The minimum absolute atomic E-state index is 0.154. The molecule has 3 nitrogen and oxygen atoms in total. The van der Waals surface area contributed by atoms with Crippen molar-refractivity contribution in [2.45, 2.75) is 19.8 Å². The Labute approximate surface area is 95.8 Å². The Hall–Kier alpha value is -1.64. The summed E-state index contributed by atoms with van der Waals surface area (Å²) in [5, 5.41) is 0. The van der Waals surface area contributed by atoms with Crippen LogP contribution in [0.2, 0.25) is 0 Å². The van der Waals surface area contributed by atoms with Crippen LogP contribution in [0, 0.1) is 0 Å².